The van der Waals surface area contributed by atoms with E-state index in [2.05, 4.69) is 26.6 Å². The number of carbonyl (C=O) groups excluding carboxylic acids is 1. The van der Waals surface area contributed by atoms with E-state index in [0.29, 0.717) is 0 Å². The van der Waals surface area contributed by atoms with Crippen molar-refractivity contribution in [3.8, 4) is 0 Å². The van der Waals surface area contributed by atoms with Crippen molar-refractivity contribution < 1.29 is 4.79 Å². The zero-order valence-electron chi connectivity index (χ0n) is 8.21. The number of benzene rings is 1. The molecule has 1 atom stereocenters. The maximum absolute atomic E-state index is 11.7. The second-order valence-electron chi connectivity index (χ2n) is 3.26. The molecule has 0 aliphatic carbocycles. The first-order chi connectivity index (χ1) is 7.22. The number of hydrogen-bond donors (Lipinski definition) is 2. The molecule has 0 saturated heterocycles. The monoisotopic (exact) mass is 286 g/mol. The third-order valence-corrected chi connectivity index (χ3v) is 4.44. The van der Waals surface area contributed by atoms with Crippen molar-refractivity contribution in [1.82, 2.24) is 5.32 Å². The lowest BCUT2D eigenvalue weighted by atomic mass is 10.3. The predicted octanol–water partition coefficient (Wildman–Crippen LogP) is 2.08. The summed E-state index contributed by atoms with van der Waals surface area (Å²) in [5.74, 6) is 0.777. The van der Waals surface area contributed by atoms with Crippen molar-refractivity contribution in [1.29, 1.82) is 0 Å². The predicted molar refractivity (Wildman–Crippen MR) is 66.3 cm³/mol. The first kappa shape index (κ1) is 11.0. The van der Waals surface area contributed by atoms with E-state index in [9.17, 15) is 4.79 Å². The Kier molecular flexibility index (Phi) is 3.33. The largest absolute Gasteiger partial charge is 0.324 e. The highest BCUT2D eigenvalue weighted by molar-refractivity contribution is 9.10. The number of thioether (sulfide) groups is 1. The van der Waals surface area contributed by atoms with E-state index in [0.717, 1.165) is 20.8 Å². The fourth-order valence-corrected chi connectivity index (χ4v) is 3.27. The van der Waals surface area contributed by atoms with E-state index in [-0.39, 0.29) is 11.9 Å². The van der Waals surface area contributed by atoms with Crippen molar-refractivity contribution in [3.63, 3.8) is 0 Å². The van der Waals surface area contributed by atoms with Crippen LogP contribution in [-0.4, -0.2) is 24.7 Å². The number of likely N-dealkylation sites (N-methyl/N-ethyl adjacent to an activating group) is 1. The minimum absolute atomic E-state index is 0.0295. The first-order valence-corrected chi connectivity index (χ1v) is 6.39. The van der Waals surface area contributed by atoms with Crippen LogP contribution in [0.15, 0.2) is 27.6 Å². The average Bonchev–Trinajstić information content (AvgIpc) is 2.37. The quantitative estimate of drug-likeness (QED) is 0.831. The molecule has 1 aliphatic heterocycles. The summed E-state index contributed by atoms with van der Waals surface area (Å²) in [6.45, 7) is 0. The molecule has 0 fully saturated rings. The molecular formula is C10H11BrN2OS. The number of rotatable bonds is 1. The molecule has 0 spiro atoms. The van der Waals surface area contributed by atoms with Gasteiger partial charge in [-0.25, -0.2) is 0 Å². The molecule has 3 nitrogen and oxygen atoms in total. The van der Waals surface area contributed by atoms with Gasteiger partial charge in [-0.05, 0) is 35.1 Å². The van der Waals surface area contributed by atoms with Crippen LogP contribution in [0.25, 0.3) is 0 Å². The summed E-state index contributed by atoms with van der Waals surface area (Å²) in [4.78, 5) is 12.8. The number of carbonyl (C=O) groups is 1. The Balaban J connectivity index is 2.35. The fraction of sp³-hybridized carbons (Fsp3) is 0.300. The van der Waals surface area contributed by atoms with E-state index in [1.807, 2.05) is 18.2 Å². The van der Waals surface area contributed by atoms with Gasteiger partial charge in [0.15, 0.2) is 0 Å². The second kappa shape index (κ2) is 4.55. The lowest BCUT2D eigenvalue weighted by Crippen LogP contribution is -2.39. The van der Waals surface area contributed by atoms with Gasteiger partial charge in [-0.1, -0.05) is 6.07 Å². The van der Waals surface area contributed by atoms with Crippen LogP contribution in [0.5, 0.6) is 0 Å². The van der Waals surface area contributed by atoms with Crippen LogP contribution in [0, 0.1) is 0 Å². The van der Waals surface area contributed by atoms with E-state index >= 15 is 0 Å². The molecule has 1 heterocycles. The normalized spacial score (nSPS) is 20.4. The Hall–Kier alpha value is -0.520. The van der Waals surface area contributed by atoms with Gasteiger partial charge in [0.1, 0.15) is 0 Å². The van der Waals surface area contributed by atoms with Crippen molar-refractivity contribution in [2.45, 2.75) is 10.9 Å². The van der Waals surface area contributed by atoms with Gasteiger partial charge in [-0.3, -0.25) is 4.79 Å². The van der Waals surface area contributed by atoms with Gasteiger partial charge in [-0.2, -0.15) is 0 Å². The summed E-state index contributed by atoms with van der Waals surface area (Å²) in [5.41, 5.74) is 0.886. The van der Waals surface area contributed by atoms with Gasteiger partial charge in [0.05, 0.1) is 11.7 Å². The van der Waals surface area contributed by atoms with Crippen LogP contribution in [-0.2, 0) is 4.79 Å². The summed E-state index contributed by atoms with van der Waals surface area (Å²) in [5, 5.41) is 5.91. The van der Waals surface area contributed by atoms with Crippen molar-refractivity contribution in [3.05, 3.63) is 22.7 Å². The average molecular weight is 287 g/mol. The van der Waals surface area contributed by atoms with Crippen LogP contribution in [0.4, 0.5) is 5.69 Å². The maximum Gasteiger partial charge on any atom is 0.242 e. The molecule has 0 saturated carbocycles. The number of nitrogens with one attached hydrogen (secondary N) is 2. The summed E-state index contributed by atoms with van der Waals surface area (Å²) in [6, 6.07) is 5.69. The van der Waals surface area contributed by atoms with Crippen LogP contribution in [0.2, 0.25) is 0 Å². The van der Waals surface area contributed by atoms with Gasteiger partial charge >= 0.3 is 0 Å². The second-order valence-corrected chi connectivity index (χ2v) is 5.14. The highest BCUT2D eigenvalue weighted by Gasteiger charge is 2.23. The zero-order valence-corrected chi connectivity index (χ0v) is 10.6. The minimum Gasteiger partial charge on any atom is -0.324 e. The molecule has 2 rings (SSSR count). The Labute approximate surface area is 101 Å². The van der Waals surface area contributed by atoms with Gasteiger partial charge in [-0.15, -0.1) is 11.8 Å². The maximum atomic E-state index is 11.7. The van der Waals surface area contributed by atoms with Crippen molar-refractivity contribution in [2.75, 3.05) is 18.1 Å². The standard InChI is InChI=1S/C10H11BrN2OS/c1-12-8-5-15-9-6(11)3-2-4-7(9)13-10(8)14/h2-4,8,12H,5H2,1H3,(H,13,14)/t8-/m0/s1. The first-order valence-electron chi connectivity index (χ1n) is 4.62. The molecule has 1 aromatic carbocycles. The highest BCUT2D eigenvalue weighted by Crippen LogP contribution is 2.36. The number of fused-ring (bicyclic) bond motifs is 1. The molecule has 5 heteroatoms. The van der Waals surface area contributed by atoms with Gasteiger partial charge < -0.3 is 10.6 Å². The molecule has 0 radical (unpaired) electrons. The number of amides is 1. The molecule has 1 aromatic rings. The van der Waals surface area contributed by atoms with Crippen molar-refractivity contribution in [2.24, 2.45) is 0 Å². The molecule has 2 N–H and O–H groups in total. The zero-order chi connectivity index (χ0) is 10.8. The Bertz CT molecular complexity index is 397. The van der Waals surface area contributed by atoms with E-state index in [4.69, 9.17) is 0 Å². The molecule has 1 aliphatic rings. The van der Waals surface area contributed by atoms with E-state index in [1.165, 1.54) is 0 Å². The Morgan fingerprint density at radius 2 is 2.40 bits per heavy atom. The van der Waals surface area contributed by atoms with Gasteiger partial charge in [0.25, 0.3) is 0 Å². The van der Waals surface area contributed by atoms with Crippen molar-refractivity contribution >= 4 is 39.3 Å². The van der Waals surface area contributed by atoms with Crippen LogP contribution in [0.1, 0.15) is 0 Å². The molecule has 15 heavy (non-hydrogen) atoms. The molecule has 0 unspecified atom stereocenters. The Morgan fingerprint density at radius 3 is 3.13 bits per heavy atom. The summed E-state index contributed by atoms with van der Waals surface area (Å²) >= 11 is 5.17. The highest BCUT2D eigenvalue weighted by atomic mass is 79.9. The third-order valence-electron chi connectivity index (χ3n) is 2.28. The lowest BCUT2D eigenvalue weighted by Gasteiger charge is -2.10. The topological polar surface area (TPSA) is 41.1 Å². The Morgan fingerprint density at radius 1 is 1.60 bits per heavy atom. The molecule has 80 valence electrons. The molecular weight excluding hydrogens is 276 g/mol. The third kappa shape index (κ3) is 2.19. The van der Waals surface area contributed by atoms with Crippen LogP contribution < -0.4 is 10.6 Å². The minimum atomic E-state index is -0.130. The fourth-order valence-electron chi connectivity index (χ4n) is 1.43. The number of anilines is 1. The SMILES string of the molecule is CN[C@H]1CSc2c(Br)cccc2NC1=O. The number of halogens is 1. The summed E-state index contributed by atoms with van der Waals surface area (Å²) in [6.07, 6.45) is 0. The molecule has 0 aromatic heterocycles. The summed E-state index contributed by atoms with van der Waals surface area (Å²) in [7, 11) is 1.80. The van der Waals surface area contributed by atoms with Crippen LogP contribution >= 0.6 is 27.7 Å². The molecule has 0 bridgehead atoms. The smallest absolute Gasteiger partial charge is 0.242 e. The van der Waals surface area contributed by atoms with E-state index in [1.54, 1.807) is 18.8 Å². The van der Waals surface area contributed by atoms with Gasteiger partial charge in [0.2, 0.25) is 5.91 Å². The van der Waals surface area contributed by atoms with Gasteiger partial charge in [0, 0.05) is 15.1 Å². The summed E-state index contributed by atoms with van der Waals surface area (Å²) < 4.78 is 1.03. The number of hydrogen-bond acceptors (Lipinski definition) is 3. The van der Waals surface area contributed by atoms with Crippen LogP contribution in [0.3, 0.4) is 0 Å². The lowest BCUT2D eigenvalue weighted by molar-refractivity contribution is -0.117. The van der Waals surface area contributed by atoms with E-state index < -0.39 is 0 Å². The molecule has 1 amide bonds.